The van der Waals surface area contributed by atoms with Crippen LogP contribution in [0.4, 0.5) is 26.2 Å². The van der Waals surface area contributed by atoms with E-state index >= 15 is 0 Å². The molecule has 1 aromatic heterocycles. The molecule has 0 bridgehead atoms. The number of aromatic nitrogens is 2. The lowest BCUT2D eigenvalue weighted by Crippen LogP contribution is -2.47. The van der Waals surface area contributed by atoms with Gasteiger partial charge in [-0.3, -0.25) is 19.9 Å². The van der Waals surface area contributed by atoms with E-state index in [0.717, 1.165) is 24.2 Å². The lowest BCUT2D eigenvalue weighted by Gasteiger charge is -2.36. The van der Waals surface area contributed by atoms with Crippen molar-refractivity contribution in [2.75, 3.05) is 62.2 Å². The molecule has 2 aliphatic rings. The first-order valence-corrected chi connectivity index (χ1v) is 12.4. The number of rotatable bonds is 7. The summed E-state index contributed by atoms with van der Waals surface area (Å²) < 4.78 is 27.0. The second-order valence-electron chi connectivity index (χ2n) is 9.42. The molecular weight excluding hydrogens is 480 g/mol. The van der Waals surface area contributed by atoms with Gasteiger partial charge in [0.2, 0.25) is 11.8 Å². The number of nitrogens with zero attached hydrogens (tertiary/aromatic N) is 7. The number of benzene rings is 2. The second kappa shape index (κ2) is 11.1. The fraction of sp³-hybridized carbons (Fsp3) is 0.385. The molecule has 0 radical (unpaired) electrons. The zero-order valence-corrected chi connectivity index (χ0v) is 20.5. The zero-order valence-electron chi connectivity index (χ0n) is 20.5. The van der Waals surface area contributed by atoms with Gasteiger partial charge in [-0.25, -0.2) is 13.8 Å². The van der Waals surface area contributed by atoms with Crippen LogP contribution in [0.1, 0.15) is 11.1 Å². The molecule has 0 atom stereocenters. The van der Waals surface area contributed by atoms with E-state index in [2.05, 4.69) is 19.8 Å². The van der Waals surface area contributed by atoms with Crippen molar-refractivity contribution in [1.82, 2.24) is 19.8 Å². The number of anilines is 2. The van der Waals surface area contributed by atoms with Gasteiger partial charge in [-0.05, 0) is 35.4 Å². The molecule has 194 valence electrons. The summed E-state index contributed by atoms with van der Waals surface area (Å²) in [7, 11) is 0. The predicted octanol–water partition coefficient (Wildman–Crippen LogP) is 3.31. The van der Waals surface area contributed by atoms with Gasteiger partial charge in [0.1, 0.15) is 17.8 Å². The molecule has 0 aliphatic carbocycles. The fourth-order valence-electron chi connectivity index (χ4n) is 4.88. The van der Waals surface area contributed by atoms with E-state index < -0.39 is 4.92 Å². The van der Waals surface area contributed by atoms with Crippen molar-refractivity contribution in [2.24, 2.45) is 0 Å². The average molecular weight is 510 g/mol. The first-order chi connectivity index (χ1) is 17.9. The summed E-state index contributed by atoms with van der Waals surface area (Å²) in [5, 5.41) is 11.7. The summed E-state index contributed by atoms with van der Waals surface area (Å²) in [4.78, 5) is 28.7. The molecule has 2 aromatic carbocycles. The normalized spacial score (nSPS) is 17.2. The van der Waals surface area contributed by atoms with E-state index in [9.17, 15) is 18.9 Å². The minimum absolute atomic E-state index is 0.105. The summed E-state index contributed by atoms with van der Waals surface area (Å²) in [6.07, 6.45) is 1.30. The zero-order chi connectivity index (χ0) is 25.8. The maximum Gasteiger partial charge on any atom is 0.329 e. The second-order valence-corrected chi connectivity index (χ2v) is 9.42. The van der Waals surface area contributed by atoms with Crippen LogP contribution >= 0.6 is 0 Å². The molecule has 2 aliphatic heterocycles. The topological polar surface area (TPSA) is 81.9 Å². The van der Waals surface area contributed by atoms with Gasteiger partial charge in [0.25, 0.3) is 0 Å². The number of hydrogen-bond donors (Lipinski definition) is 0. The van der Waals surface area contributed by atoms with Crippen LogP contribution < -0.4 is 9.80 Å². The van der Waals surface area contributed by atoms with Crippen LogP contribution in [0.25, 0.3) is 0 Å². The lowest BCUT2D eigenvalue weighted by molar-refractivity contribution is -0.384. The third-order valence-electron chi connectivity index (χ3n) is 6.85. The van der Waals surface area contributed by atoms with E-state index in [1.54, 1.807) is 18.2 Å². The van der Waals surface area contributed by atoms with Crippen LogP contribution in [-0.2, 0) is 13.1 Å². The van der Waals surface area contributed by atoms with Crippen molar-refractivity contribution in [3.63, 3.8) is 0 Å². The van der Waals surface area contributed by atoms with Gasteiger partial charge in [0, 0.05) is 65.4 Å². The molecule has 37 heavy (non-hydrogen) atoms. The van der Waals surface area contributed by atoms with Gasteiger partial charge in [-0.1, -0.05) is 24.3 Å². The Kier molecular flexibility index (Phi) is 7.52. The molecule has 0 amide bonds. The van der Waals surface area contributed by atoms with Crippen molar-refractivity contribution in [3.8, 4) is 0 Å². The molecule has 0 spiro atoms. The maximum atomic E-state index is 13.5. The molecule has 0 unspecified atom stereocenters. The van der Waals surface area contributed by atoms with Gasteiger partial charge in [-0.15, -0.1) is 0 Å². The van der Waals surface area contributed by atoms with E-state index in [1.165, 1.54) is 24.4 Å². The minimum atomic E-state index is -0.435. The highest BCUT2D eigenvalue weighted by Crippen LogP contribution is 2.29. The van der Waals surface area contributed by atoms with Gasteiger partial charge < -0.3 is 9.80 Å². The number of piperazine rings is 2. The van der Waals surface area contributed by atoms with Crippen molar-refractivity contribution < 1.29 is 13.7 Å². The molecule has 2 saturated heterocycles. The average Bonchev–Trinajstić information content (AvgIpc) is 2.89. The van der Waals surface area contributed by atoms with Crippen LogP contribution in [0, 0.1) is 21.7 Å². The van der Waals surface area contributed by atoms with Gasteiger partial charge in [-0.2, -0.15) is 4.98 Å². The SMILES string of the molecule is O=[N+]([O-])c1cnc(N2CCN(Cc3cccc(F)c3)CC2)nc1N1CCN(Cc2cccc(F)c2)CC1. The maximum absolute atomic E-state index is 13.5. The summed E-state index contributed by atoms with van der Waals surface area (Å²) in [6, 6.07) is 13.2. The Balaban J connectivity index is 1.22. The molecule has 3 heterocycles. The van der Waals surface area contributed by atoms with Crippen LogP contribution in [0.3, 0.4) is 0 Å². The first kappa shape index (κ1) is 25.0. The Morgan fingerprint density at radius 1 is 0.784 bits per heavy atom. The molecule has 0 N–H and O–H groups in total. The Bertz CT molecular complexity index is 1250. The smallest absolute Gasteiger partial charge is 0.329 e. The highest BCUT2D eigenvalue weighted by molar-refractivity contribution is 5.59. The van der Waals surface area contributed by atoms with Crippen LogP contribution in [0.15, 0.2) is 54.7 Å². The van der Waals surface area contributed by atoms with Crippen LogP contribution in [-0.4, -0.2) is 77.0 Å². The van der Waals surface area contributed by atoms with E-state index in [4.69, 9.17) is 0 Å². The lowest BCUT2D eigenvalue weighted by atomic mass is 10.2. The number of hydrogen-bond acceptors (Lipinski definition) is 8. The predicted molar refractivity (Wildman–Crippen MR) is 136 cm³/mol. The van der Waals surface area contributed by atoms with E-state index in [0.29, 0.717) is 64.1 Å². The fourth-order valence-corrected chi connectivity index (χ4v) is 4.88. The van der Waals surface area contributed by atoms with E-state index in [-0.39, 0.29) is 17.3 Å². The highest BCUT2D eigenvalue weighted by Gasteiger charge is 2.28. The first-order valence-electron chi connectivity index (χ1n) is 12.4. The minimum Gasteiger partial charge on any atom is -0.348 e. The van der Waals surface area contributed by atoms with E-state index in [1.807, 2.05) is 21.9 Å². The highest BCUT2D eigenvalue weighted by atomic mass is 19.1. The number of halogens is 2. The van der Waals surface area contributed by atoms with Gasteiger partial charge in [0.05, 0.1) is 4.92 Å². The molecule has 11 heteroatoms. The van der Waals surface area contributed by atoms with Crippen LogP contribution in [0.5, 0.6) is 0 Å². The van der Waals surface area contributed by atoms with Crippen molar-refractivity contribution >= 4 is 17.5 Å². The molecule has 0 saturated carbocycles. The summed E-state index contributed by atoms with van der Waals surface area (Å²) in [5.74, 6) is 0.323. The van der Waals surface area contributed by atoms with Crippen molar-refractivity contribution in [3.05, 3.63) is 87.6 Å². The summed E-state index contributed by atoms with van der Waals surface area (Å²) >= 11 is 0. The summed E-state index contributed by atoms with van der Waals surface area (Å²) in [5.41, 5.74) is 1.73. The molecule has 9 nitrogen and oxygen atoms in total. The Morgan fingerprint density at radius 2 is 1.30 bits per heavy atom. The Hall–Kier alpha value is -3.70. The third-order valence-corrected chi connectivity index (χ3v) is 6.85. The van der Waals surface area contributed by atoms with Crippen molar-refractivity contribution in [2.45, 2.75) is 13.1 Å². The largest absolute Gasteiger partial charge is 0.348 e. The van der Waals surface area contributed by atoms with Crippen molar-refractivity contribution in [1.29, 1.82) is 0 Å². The standard InChI is InChI=1S/C26H29F2N7O2/c27-22-5-1-3-20(15-22)18-31-7-11-33(12-8-31)25-24(35(36)37)17-29-26(30-25)34-13-9-32(10-14-34)19-21-4-2-6-23(28)16-21/h1-6,15-17H,7-14,18-19H2. The summed E-state index contributed by atoms with van der Waals surface area (Å²) in [6.45, 7) is 6.68. The van der Waals surface area contributed by atoms with Gasteiger partial charge >= 0.3 is 5.69 Å². The molecule has 2 fully saturated rings. The van der Waals surface area contributed by atoms with Crippen LogP contribution in [0.2, 0.25) is 0 Å². The Labute approximate surface area is 214 Å². The molecule has 3 aromatic rings. The Morgan fingerprint density at radius 3 is 1.78 bits per heavy atom. The third kappa shape index (κ3) is 6.17. The quantitative estimate of drug-likeness (QED) is 0.355. The van der Waals surface area contributed by atoms with Gasteiger partial charge in [0.15, 0.2) is 0 Å². The monoisotopic (exact) mass is 509 g/mol. The number of nitro groups is 1. The molecular formula is C26H29F2N7O2. The molecule has 5 rings (SSSR count).